The summed E-state index contributed by atoms with van der Waals surface area (Å²) in [5, 5.41) is 2.86. The van der Waals surface area contributed by atoms with Gasteiger partial charge in [0.2, 0.25) is 5.91 Å². The van der Waals surface area contributed by atoms with Crippen LogP contribution in [0.4, 0.5) is 5.82 Å². The summed E-state index contributed by atoms with van der Waals surface area (Å²) in [6, 6.07) is 3.88. The number of aromatic nitrogens is 2. The van der Waals surface area contributed by atoms with Crippen LogP contribution in [0.5, 0.6) is 0 Å². The number of amides is 1. The van der Waals surface area contributed by atoms with Crippen molar-refractivity contribution in [2.75, 3.05) is 31.6 Å². The molecule has 0 bridgehead atoms. The van der Waals surface area contributed by atoms with Gasteiger partial charge in [-0.3, -0.25) is 14.7 Å². The van der Waals surface area contributed by atoms with E-state index in [1.165, 1.54) is 0 Å². The Morgan fingerprint density at radius 2 is 2.29 bits per heavy atom. The first kappa shape index (κ1) is 15.3. The van der Waals surface area contributed by atoms with E-state index < -0.39 is 0 Å². The summed E-state index contributed by atoms with van der Waals surface area (Å²) < 4.78 is 11.1. The van der Waals surface area contributed by atoms with Crippen LogP contribution < -0.4 is 5.32 Å². The summed E-state index contributed by atoms with van der Waals surface area (Å²) in [6.07, 6.45) is 6.39. The molecule has 7 nitrogen and oxygen atoms in total. The molecule has 4 rings (SSSR count). The molecule has 24 heavy (non-hydrogen) atoms. The van der Waals surface area contributed by atoms with Crippen molar-refractivity contribution in [3.8, 4) is 0 Å². The summed E-state index contributed by atoms with van der Waals surface area (Å²) in [4.78, 5) is 23.1. The minimum atomic E-state index is -0.160. The number of fused-ring (bicyclic) bond motifs is 1. The molecule has 1 N–H and O–H groups in total. The highest BCUT2D eigenvalue weighted by Crippen LogP contribution is 2.35. The van der Waals surface area contributed by atoms with E-state index in [1.54, 1.807) is 24.9 Å². The maximum Gasteiger partial charge on any atom is 0.231 e. The van der Waals surface area contributed by atoms with Gasteiger partial charge in [0.15, 0.2) is 5.82 Å². The SMILES string of the molecule is O=C(Nc1cnccn1)[C@@H]1COC[C@H]2CN(Cc3ccco3)C[C@H]21. The van der Waals surface area contributed by atoms with Crippen molar-refractivity contribution in [2.24, 2.45) is 17.8 Å². The molecule has 2 fully saturated rings. The molecule has 2 aromatic rings. The molecular formula is C17H20N4O3. The average Bonchev–Trinajstić information content (AvgIpc) is 3.24. The van der Waals surface area contributed by atoms with Gasteiger partial charge in [-0.25, -0.2) is 4.98 Å². The average molecular weight is 328 g/mol. The number of nitrogens with one attached hydrogen (secondary N) is 1. The fraction of sp³-hybridized carbons (Fsp3) is 0.471. The van der Waals surface area contributed by atoms with Crippen molar-refractivity contribution in [3.05, 3.63) is 42.7 Å². The predicted molar refractivity (Wildman–Crippen MR) is 85.9 cm³/mol. The number of hydrogen-bond acceptors (Lipinski definition) is 6. The predicted octanol–water partition coefficient (Wildman–Crippen LogP) is 1.40. The fourth-order valence-corrected chi connectivity index (χ4v) is 3.70. The molecule has 1 amide bonds. The Hall–Kier alpha value is -2.25. The molecule has 2 aromatic heterocycles. The van der Waals surface area contributed by atoms with E-state index in [-0.39, 0.29) is 11.8 Å². The van der Waals surface area contributed by atoms with Crippen molar-refractivity contribution >= 4 is 11.7 Å². The molecule has 0 spiro atoms. The fourth-order valence-electron chi connectivity index (χ4n) is 3.70. The Kier molecular flexibility index (Phi) is 4.27. The summed E-state index contributed by atoms with van der Waals surface area (Å²) in [5.74, 6) is 1.92. The summed E-state index contributed by atoms with van der Waals surface area (Å²) in [5.41, 5.74) is 0. The van der Waals surface area contributed by atoms with Crippen LogP contribution in [0.15, 0.2) is 41.4 Å². The number of rotatable bonds is 4. The molecule has 0 aromatic carbocycles. The summed E-state index contributed by atoms with van der Waals surface area (Å²) in [7, 11) is 0. The van der Waals surface area contributed by atoms with E-state index in [9.17, 15) is 4.79 Å². The lowest BCUT2D eigenvalue weighted by Gasteiger charge is -2.31. The van der Waals surface area contributed by atoms with Crippen LogP contribution in [0.25, 0.3) is 0 Å². The van der Waals surface area contributed by atoms with Crippen molar-refractivity contribution in [2.45, 2.75) is 6.54 Å². The number of carbonyl (C=O) groups is 1. The minimum Gasteiger partial charge on any atom is -0.468 e. The molecule has 4 heterocycles. The van der Waals surface area contributed by atoms with E-state index in [0.29, 0.717) is 30.9 Å². The van der Waals surface area contributed by atoms with Crippen LogP contribution in [0.2, 0.25) is 0 Å². The highest BCUT2D eigenvalue weighted by molar-refractivity contribution is 5.92. The Balaban J connectivity index is 1.42. The molecule has 0 unspecified atom stereocenters. The molecule has 7 heteroatoms. The zero-order chi connectivity index (χ0) is 16.4. The van der Waals surface area contributed by atoms with Gasteiger partial charge in [0.1, 0.15) is 5.76 Å². The van der Waals surface area contributed by atoms with Gasteiger partial charge in [0.25, 0.3) is 0 Å². The van der Waals surface area contributed by atoms with Crippen molar-refractivity contribution < 1.29 is 13.9 Å². The van der Waals surface area contributed by atoms with Crippen LogP contribution in [0, 0.1) is 17.8 Å². The van der Waals surface area contributed by atoms with Gasteiger partial charge in [0, 0.05) is 25.5 Å². The van der Waals surface area contributed by atoms with Gasteiger partial charge in [-0.1, -0.05) is 0 Å². The minimum absolute atomic E-state index is 0.0370. The van der Waals surface area contributed by atoms with Gasteiger partial charge in [-0.15, -0.1) is 0 Å². The second-order valence-corrected chi connectivity index (χ2v) is 6.42. The van der Waals surface area contributed by atoms with Crippen LogP contribution in [0.3, 0.4) is 0 Å². The van der Waals surface area contributed by atoms with Crippen LogP contribution in [-0.4, -0.2) is 47.1 Å². The van der Waals surface area contributed by atoms with Crippen LogP contribution in [0.1, 0.15) is 5.76 Å². The lowest BCUT2D eigenvalue weighted by molar-refractivity contribution is -0.128. The monoisotopic (exact) mass is 328 g/mol. The zero-order valence-corrected chi connectivity index (χ0v) is 13.3. The van der Waals surface area contributed by atoms with Gasteiger partial charge >= 0.3 is 0 Å². The van der Waals surface area contributed by atoms with E-state index in [1.807, 2.05) is 12.1 Å². The maximum atomic E-state index is 12.6. The smallest absolute Gasteiger partial charge is 0.231 e. The zero-order valence-electron chi connectivity index (χ0n) is 13.3. The first-order chi connectivity index (χ1) is 11.8. The molecule has 2 aliphatic heterocycles. The number of hydrogen-bond donors (Lipinski definition) is 1. The van der Waals surface area contributed by atoms with Gasteiger partial charge < -0.3 is 14.5 Å². The third-order valence-electron chi connectivity index (χ3n) is 4.82. The highest BCUT2D eigenvalue weighted by Gasteiger charge is 2.44. The Bertz CT molecular complexity index is 676. The van der Waals surface area contributed by atoms with Crippen molar-refractivity contribution in [1.82, 2.24) is 14.9 Å². The molecule has 0 saturated carbocycles. The molecule has 126 valence electrons. The summed E-state index contributed by atoms with van der Waals surface area (Å²) >= 11 is 0. The first-order valence-electron chi connectivity index (χ1n) is 8.19. The Morgan fingerprint density at radius 1 is 1.33 bits per heavy atom. The van der Waals surface area contributed by atoms with E-state index in [4.69, 9.17) is 9.15 Å². The Morgan fingerprint density at radius 3 is 3.08 bits per heavy atom. The van der Waals surface area contributed by atoms with E-state index >= 15 is 0 Å². The van der Waals surface area contributed by atoms with E-state index in [0.717, 1.165) is 25.4 Å². The standard InChI is InChI=1S/C17H20N4O3/c22-17(20-16-6-18-3-4-19-16)15-11-23-10-12-7-21(9-14(12)15)8-13-2-1-5-24-13/h1-6,12,14-15H,7-11H2,(H,19,20,22)/t12-,14-,15-/m1/s1. The lowest BCUT2D eigenvalue weighted by atomic mass is 9.82. The normalized spacial score (nSPS) is 26.9. The van der Waals surface area contributed by atoms with Crippen LogP contribution in [-0.2, 0) is 16.1 Å². The largest absolute Gasteiger partial charge is 0.468 e. The number of carbonyl (C=O) groups excluding carboxylic acids is 1. The third kappa shape index (κ3) is 3.18. The van der Waals surface area contributed by atoms with Gasteiger partial charge in [-0.05, 0) is 24.0 Å². The van der Waals surface area contributed by atoms with Crippen LogP contribution >= 0.6 is 0 Å². The third-order valence-corrected chi connectivity index (χ3v) is 4.82. The molecule has 3 atom stereocenters. The van der Waals surface area contributed by atoms with Crippen molar-refractivity contribution in [3.63, 3.8) is 0 Å². The number of anilines is 1. The second kappa shape index (κ2) is 6.70. The number of ether oxygens (including phenoxy) is 1. The summed E-state index contributed by atoms with van der Waals surface area (Å²) in [6.45, 7) is 3.77. The van der Waals surface area contributed by atoms with Gasteiger partial charge in [-0.2, -0.15) is 0 Å². The Labute approximate surface area is 140 Å². The van der Waals surface area contributed by atoms with Crippen molar-refractivity contribution in [1.29, 1.82) is 0 Å². The van der Waals surface area contributed by atoms with E-state index in [2.05, 4.69) is 20.2 Å². The molecule has 0 radical (unpaired) electrons. The maximum absolute atomic E-state index is 12.6. The number of furan rings is 1. The van der Waals surface area contributed by atoms with Gasteiger partial charge in [0.05, 0.1) is 38.1 Å². The molecular weight excluding hydrogens is 308 g/mol. The number of likely N-dealkylation sites (tertiary alicyclic amines) is 1. The quantitative estimate of drug-likeness (QED) is 0.914. The highest BCUT2D eigenvalue weighted by atomic mass is 16.5. The molecule has 2 saturated heterocycles. The second-order valence-electron chi connectivity index (χ2n) is 6.42. The lowest BCUT2D eigenvalue weighted by Crippen LogP contribution is -2.42. The topological polar surface area (TPSA) is 80.5 Å². The molecule has 2 aliphatic rings. The first-order valence-corrected chi connectivity index (χ1v) is 8.19. The number of nitrogens with zero attached hydrogens (tertiary/aromatic N) is 3. The molecule has 0 aliphatic carbocycles.